The van der Waals surface area contributed by atoms with Gasteiger partial charge in [0.15, 0.2) is 0 Å². The summed E-state index contributed by atoms with van der Waals surface area (Å²) in [7, 11) is 0. The topological polar surface area (TPSA) is 102 Å². The summed E-state index contributed by atoms with van der Waals surface area (Å²) in [4.78, 5) is 37.9. The summed E-state index contributed by atoms with van der Waals surface area (Å²) in [5, 5.41) is 2.31. The van der Waals surface area contributed by atoms with Crippen LogP contribution in [0.4, 0.5) is 0 Å². The molecule has 2 aromatic rings. The molecular formula is C21H21N3O4. The van der Waals surface area contributed by atoms with Gasteiger partial charge in [-0.15, -0.1) is 0 Å². The monoisotopic (exact) mass is 379 g/mol. The molecule has 1 fully saturated rings. The standard InChI is InChI=1S/C21H21N3O4/c22-10-13-4-6-14(7-5-13)12-28-18-3-1-2-15-16(18)11-24(21(15)27)17-8-9-19(25)23-20(17)26/h1-7,17H,8-12,22H2,(H,23,25,26). The Kier molecular flexibility index (Phi) is 4.83. The SMILES string of the molecule is NCc1ccc(COc2cccc3c2CN(C2CCC(=O)NC2=O)C3=O)cc1. The number of nitrogens with one attached hydrogen (secondary N) is 1. The Bertz CT molecular complexity index is 939. The Balaban J connectivity index is 1.50. The number of hydrogen-bond acceptors (Lipinski definition) is 5. The number of rotatable bonds is 5. The molecule has 7 nitrogen and oxygen atoms in total. The number of fused-ring (bicyclic) bond motifs is 1. The highest BCUT2D eigenvalue weighted by Gasteiger charge is 2.40. The van der Waals surface area contributed by atoms with E-state index in [0.717, 1.165) is 16.7 Å². The molecule has 4 rings (SSSR count). The summed E-state index contributed by atoms with van der Waals surface area (Å²) in [5.74, 6) is -0.291. The number of hydrogen-bond donors (Lipinski definition) is 2. The van der Waals surface area contributed by atoms with Crippen LogP contribution < -0.4 is 15.8 Å². The molecule has 1 saturated heterocycles. The second kappa shape index (κ2) is 7.44. The molecular weight excluding hydrogens is 358 g/mol. The van der Waals surface area contributed by atoms with E-state index >= 15 is 0 Å². The maximum absolute atomic E-state index is 12.8. The van der Waals surface area contributed by atoms with Crippen LogP contribution >= 0.6 is 0 Å². The number of carbonyl (C=O) groups is 3. The molecule has 2 heterocycles. The van der Waals surface area contributed by atoms with Crippen LogP contribution in [-0.2, 0) is 29.3 Å². The van der Waals surface area contributed by atoms with Gasteiger partial charge in [0.1, 0.15) is 18.4 Å². The lowest BCUT2D eigenvalue weighted by Crippen LogP contribution is -2.52. The van der Waals surface area contributed by atoms with Gasteiger partial charge in [-0.25, -0.2) is 0 Å². The molecule has 0 aliphatic carbocycles. The van der Waals surface area contributed by atoms with Crippen molar-refractivity contribution in [2.75, 3.05) is 0 Å². The number of nitrogens with zero attached hydrogens (tertiary/aromatic N) is 1. The molecule has 3 N–H and O–H groups in total. The maximum Gasteiger partial charge on any atom is 0.255 e. The van der Waals surface area contributed by atoms with Crippen LogP contribution in [0.5, 0.6) is 5.75 Å². The molecule has 0 radical (unpaired) electrons. The van der Waals surface area contributed by atoms with Crippen LogP contribution in [0.2, 0.25) is 0 Å². The lowest BCUT2D eigenvalue weighted by Gasteiger charge is -2.29. The fourth-order valence-corrected chi connectivity index (χ4v) is 3.63. The minimum Gasteiger partial charge on any atom is -0.489 e. The lowest BCUT2D eigenvalue weighted by molar-refractivity contribution is -0.136. The fraction of sp³-hybridized carbons (Fsp3) is 0.286. The Morgan fingerprint density at radius 2 is 1.82 bits per heavy atom. The van der Waals surface area contributed by atoms with E-state index in [1.165, 1.54) is 4.90 Å². The molecule has 2 aliphatic rings. The lowest BCUT2D eigenvalue weighted by atomic mass is 10.0. The highest BCUT2D eigenvalue weighted by molar-refractivity contribution is 6.05. The maximum atomic E-state index is 12.8. The van der Waals surface area contributed by atoms with Gasteiger partial charge in [0, 0.05) is 24.1 Å². The molecule has 2 aromatic carbocycles. The number of ether oxygens (including phenoxy) is 1. The third kappa shape index (κ3) is 3.36. The zero-order valence-electron chi connectivity index (χ0n) is 15.3. The Morgan fingerprint density at radius 1 is 1.07 bits per heavy atom. The average molecular weight is 379 g/mol. The number of piperidine rings is 1. The van der Waals surface area contributed by atoms with Crippen molar-refractivity contribution < 1.29 is 19.1 Å². The summed E-state index contributed by atoms with van der Waals surface area (Å²) in [6.07, 6.45) is 0.576. The summed E-state index contributed by atoms with van der Waals surface area (Å²) >= 11 is 0. The van der Waals surface area contributed by atoms with E-state index < -0.39 is 11.9 Å². The molecule has 3 amide bonds. The van der Waals surface area contributed by atoms with Crippen LogP contribution in [-0.4, -0.2) is 28.7 Å². The first-order valence-corrected chi connectivity index (χ1v) is 9.24. The van der Waals surface area contributed by atoms with Crippen molar-refractivity contribution in [2.24, 2.45) is 5.73 Å². The van der Waals surface area contributed by atoms with E-state index in [2.05, 4.69) is 5.32 Å². The normalized spacial score (nSPS) is 18.8. The van der Waals surface area contributed by atoms with Gasteiger partial charge < -0.3 is 15.4 Å². The quantitative estimate of drug-likeness (QED) is 0.767. The van der Waals surface area contributed by atoms with Crippen molar-refractivity contribution in [1.29, 1.82) is 0 Å². The summed E-state index contributed by atoms with van der Waals surface area (Å²) in [6.45, 7) is 1.16. The van der Waals surface area contributed by atoms with Crippen molar-refractivity contribution in [3.05, 3.63) is 64.7 Å². The Morgan fingerprint density at radius 3 is 2.54 bits per heavy atom. The van der Waals surface area contributed by atoms with Gasteiger partial charge in [-0.1, -0.05) is 30.3 Å². The van der Waals surface area contributed by atoms with E-state index in [0.29, 0.717) is 37.4 Å². The fourth-order valence-electron chi connectivity index (χ4n) is 3.63. The van der Waals surface area contributed by atoms with E-state index in [1.807, 2.05) is 30.3 Å². The van der Waals surface area contributed by atoms with Crippen molar-refractivity contribution >= 4 is 17.7 Å². The smallest absolute Gasteiger partial charge is 0.255 e. The van der Waals surface area contributed by atoms with Crippen molar-refractivity contribution in [3.8, 4) is 5.75 Å². The average Bonchev–Trinajstić information content (AvgIpc) is 3.04. The molecule has 1 atom stereocenters. The molecule has 7 heteroatoms. The first-order chi connectivity index (χ1) is 13.6. The summed E-state index contributed by atoms with van der Waals surface area (Å²) in [5.41, 5.74) is 8.98. The molecule has 2 aliphatic heterocycles. The molecule has 1 unspecified atom stereocenters. The number of carbonyl (C=O) groups excluding carboxylic acids is 3. The number of benzene rings is 2. The first-order valence-electron chi connectivity index (χ1n) is 9.24. The van der Waals surface area contributed by atoms with Crippen molar-refractivity contribution in [2.45, 2.75) is 38.6 Å². The van der Waals surface area contributed by atoms with E-state index in [9.17, 15) is 14.4 Å². The third-order valence-electron chi connectivity index (χ3n) is 5.19. The van der Waals surface area contributed by atoms with Crippen molar-refractivity contribution in [3.63, 3.8) is 0 Å². The Hall–Kier alpha value is -3.19. The molecule has 0 saturated carbocycles. The zero-order chi connectivity index (χ0) is 19.7. The molecule has 28 heavy (non-hydrogen) atoms. The van der Waals surface area contributed by atoms with E-state index in [4.69, 9.17) is 10.5 Å². The van der Waals surface area contributed by atoms with Gasteiger partial charge in [0.25, 0.3) is 5.91 Å². The van der Waals surface area contributed by atoms with Crippen LogP contribution in [0, 0.1) is 0 Å². The van der Waals surface area contributed by atoms with Gasteiger partial charge >= 0.3 is 0 Å². The van der Waals surface area contributed by atoms with Crippen LogP contribution in [0.3, 0.4) is 0 Å². The number of nitrogens with two attached hydrogens (primary N) is 1. The first kappa shape index (κ1) is 18.2. The molecule has 0 bridgehead atoms. The Labute approximate surface area is 162 Å². The van der Waals surface area contributed by atoms with Gasteiger partial charge in [0.2, 0.25) is 11.8 Å². The third-order valence-corrected chi connectivity index (χ3v) is 5.19. The largest absolute Gasteiger partial charge is 0.489 e. The second-order valence-corrected chi connectivity index (χ2v) is 6.99. The highest BCUT2D eigenvalue weighted by atomic mass is 16.5. The minimum absolute atomic E-state index is 0.206. The van der Waals surface area contributed by atoms with Gasteiger partial charge in [-0.2, -0.15) is 0 Å². The highest BCUT2D eigenvalue weighted by Crippen LogP contribution is 2.33. The van der Waals surface area contributed by atoms with Crippen LogP contribution in [0.1, 0.15) is 39.9 Å². The number of amides is 3. The van der Waals surface area contributed by atoms with Crippen molar-refractivity contribution in [1.82, 2.24) is 10.2 Å². The zero-order valence-corrected chi connectivity index (χ0v) is 15.3. The number of imide groups is 1. The van der Waals surface area contributed by atoms with E-state index in [1.54, 1.807) is 12.1 Å². The second-order valence-electron chi connectivity index (χ2n) is 6.99. The minimum atomic E-state index is -0.630. The van der Waals surface area contributed by atoms with Crippen LogP contribution in [0.15, 0.2) is 42.5 Å². The molecule has 0 aromatic heterocycles. The predicted octanol–water partition coefficient (Wildman–Crippen LogP) is 1.49. The van der Waals surface area contributed by atoms with Crippen LogP contribution in [0.25, 0.3) is 0 Å². The van der Waals surface area contributed by atoms with E-state index in [-0.39, 0.29) is 18.2 Å². The van der Waals surface area contributed by atoms with Gasteiger partial charge in [0.05, 0.1) is 6.54 Å². The van der Waals surface area contributed by atoms with Gasteiger partial charge in [-0.3, -0.25) is 19.7 Å². The van der Waals surface area contributed by atoms with Gasteiger partial charge in [-0.05, 0) is 29.7 Å². The molecule has 0 spiro atoms. The predicted molar refractivity (Wildman–Crippen MR) is 101 cm³/mol. The molecule has 144 valence electrons. The summed E-state index contributed by atoms with van der Waals surface area (Å²) < 4.78 is 5.97. The summed E-state index contributed by atoms with van der Waals surface area (Å²) in [6, 6.07) is 12.6.